The predicted octanol–water partition coefficient (Wildman–Crippen LogP) is 2.90. The van der Waals surface area contributed by atoms with Gasteiger partial charge in [-0.2, -0.15) is 0 Å². The van der Waals surface area contributed by atoms with Gasteiger partial charge in [-0.25, -0.2) is 9.37 Å². The molecule has 3 nitrogen and oxygen atoms in total. The molecule has 4 heteroatoms. The van der Waals surface area contributed by atoms with E-state index in [4.69, 9.17) is 10.5 Å². The highest BCUT2D eigenvalue weighted by molar-refractivity contribution is 5.40. The normalized spacial score (nSPS) is 10.1. The van der Waals surface area contributed by atoms with E-state index in [0.29, 0.717) is 17.1 Å². The van der Waals surface area contributed by atoms with E-state index in [1.54, 1.807) is 37.3 Å². The van der Waals surface area contributed by atoms with Crippen LogP contribution in [0.25, 0.3) is 0 Å². The van der Waals surface area contributed by atoms with E-state index in [1.807, 2.05) is 0 Å². The van der Waals surface area contributed by atoms with Gasteiger partial charge >= 0.3 is 0 Å². The number of nitrogens with two attached hydrogens (primary N) is 1. The smallest absolute Gasteiger partial charge is 0.168 e. The van der Waals surface area contributed by atoms with Crippen molar-refractivity contribution in [2.24, 2.45) is 0 Å². The molecule has 1 heterocycles. The van der Waals surface area contributed by atoms with Crippen molar-refractivity contribution in [1.29, 1.82) is 0 Å². The Morgan fingerprint density at radius 2 is 2.12 bits per heavy atom. The standard InChI is InChI=1S/C12H11FN2O/c1-8-3-2-4-10(12(8)13)16-9-5-6-15-11(14)7-9/h2-7H,1H3,(H2,14,15). The van der Waals surface area contributed by atoms with Gasteiger partial charge in [0.2, 0.25) is 0 Å². The van der Waals surface area contributed by atoms with Crippen molar-refractivity contribution in [2.45, 2.75) is 6.92 Å². The lowest BCUT2D eigenvalue weighted by Crippen LogP contribution is -1.93. The van der Waals surface area contributed by atoms with Crippen LogP contribution in [0.2, 0.25) is 0 Å². The summed E-state index contributed by atoms with van der Waals surface area (Å²) in [5, 5.41) is 0. The van der Waals surface area contributed by atoms with Crippen LogP contribution in [-0.2, 0) is 0 Å². The largest absolute Gasteiger partial charge is 0.454 e. The number of hydrogen-bond acceptors (Lipinski definition) is 3. The Balaban J connectivity index is 2.31. The van der Waals surface area contributed by atoms with Crippen molar-refractivity contribution in [3.05, 3.63) is 47.9 Å². The van der Waals surface area contributed by atoms with Crippen LogP contribution in [0.15, 0.2) is 36.5 Å². The third-order valence-corrected chi connectivity index (χ3v) is 2.14. The molecule has 82 valence electrons. The van der Waals surface area contributed by atoms with Crippen molar-refractivity contribution < 1.29 is 9.13 Å². The Morgan fingerprint density at radius 3 is 2.88 bits per heavy atom. The molecule has 0 spiro atoms. The van der Waals surface area contributed by atoms with Gasteiger partial charge in [0.1, 0.15) is 11.6 Å². The number of aromatic nitrogens is 1. The minimum absolute atomic E-state index is 0.186. The molecule has 2 aromatic rings. The first-order valence-electron chi connectivity index (χ1n) is 4.81. The van der Waals surface area contributed by atoms with Gasteiger partial charge in [-0.1, -0.05) is 12.1 Å². The quantitative estimate of drug-likeness (QED) is 0.843. The number of nitrogens with zero attached hydrogens (tertiary/aromatic N) is 1. The highest BCUT2D eigenvalue weighted by Gasteiger charge is 2.06. The monoisotopic (exact) mass is 218 g/mol. The number of rotatable bonds is 2. The summed E-state index contributed by atoms with van der Waals surface area (Å²) in [6.07, 6.45) is 1.51. The lowest BCUT2D eigenvalue weighted by molar-refractivity contribution is 0.440. The molecule has 16 heavy (non-hydrogen) atoms. The second kappa shape index (κ2) is 4.18. The summed E-state index contributed by atoms with van der Waals surface area (Å²) in [5.41, 5.74) is 6.04. The van der Waals surface area contributed by atoms with E-state index < -0.39 is 0 Å². The highest BCUT2D eigenvalue weighted by Crippen LogP contribution is 2.26. The zero-order valence-electron chi connectivity index (χ0n) is 8.77. The van der Waals surface area contributed by atoms with Crippen molar-refractivity contribution in [3.63, 3.8) is 0 Å². The fourth-order valence-corrected chi connectivity index (χ4v) is 1.32. The molecule has 0 saturated heterocycles. The maximum absolute atomic E-state index is 13.6. The topological polar surface area (TPSA) is 48.1 Å². The molecular weight excluding hydrogens is 207 g/mol. The van der Waals surface area contributed by atoms with Gasteiger partial charge in [-0.05, 0) is 24.6 Å². The number of aryl methyl sites for hydroxylation is 1. The number of hydrogen-bond donors (Lipinski definition) is 1. The number of pyridine rings is 1. The molecule has 2 N–H and O–H groups in total. The van der Waals surface area contributed by atoms with E-state index in [-0.39, 0.29) is 11.6 Å². The van der Waals surface area contributed by atoms with Gasteiger partial charge in [0.15, 0.2) is 11.6 Å². The maximum atomic E-state index is 13.6. The number of anilines is 1. The average molecular weight is 218 g/mol. The van der Waals surface area contributed by atoms with Crippen molar-refractivity contribution in [1.82, 2.24) is 4.98 Å². The molecule has 0 saturated carbocycles. The van der Waals surface area contributed by atoms with Gasteiger partial charge < -0.3 is 10.5 Å². The van der Waals surface area contributed by atoms with Gasteiger partial charge in [0, 0.05) is 12.3 Å². The first-order valence-corrected chi connectivity index (χ1v) is 4.81. The second-order valence-electron chi connectivity index (χ2n) is 3.41. The third-order valence-electron chi connectivity index (χ3n) is 2.14. The summed E-state index contributed by atoms with van der Waals surface area (Å²) in [6, 6.07) is 8.15. The Bertz CT molecular complexity index is 514. The minimum atomic E-state index is -0.363. The second-order valence-corrected chi connectivity index (χ2v) is 3.41. The van der Waals surface area contributed by atoms with Gasteiger partial charge in [-0.3, -0.25) is 0 Å². The molecule has 0 aliphatic heterocycles. The molecule has 0 aliphatic rings. The summed E-state index contributed by atoms with van der Waals surface area (Å²) in [6.45, 7) is 1.68. The van der Waals surface area contributed by atoms with Crippen molar-refractivity contribution >= 4 is 5.82 Å². The highest BCUT2D eigenvalue weighted by atomic mass is 19.1. The summed E-state index contributed by atoms with van der Waals surface area (Å²) < 4.78 is 19.0. The summed E-state index contributed by atoms with van der Waals surface area (Å²) >= 11 is 0. The molecule has 2 rings (SSSR count). The Hall–Kier alpha value is -2.10. The molecule has 0 radical (unpaired) electrons. The third kappa shape index (κ3) is 2.11. The van der Waals surface area contributed by atoms with Crippen LogP contribution in [0, 0.1) is 12.7 Å². The molecule has 0 amide bonds. The van der Waals surface area contributed by atoms with E-state index in [0.717, 1.165) is 0 Å². The number of nitrogen functional groups attached to an aromatic ring is 1. The van der Waals surface area contributed by atoms with Crippen LogP contribution >= 0.6 is 0 Å². The molecule has 0 atom stereocenters. The zero-order chi connectivity index (χ0) is 11.5. The first kappa shape index (κ1) is 10.4. The molecule has 1 aromatic carbocycles. The zero-order valence-corrected chi connectivity index (χ0v) is 8.77. The molecular formula is C12H11FN2O. The molecule has 0 fully saturated rings. The molecule has 0 bridgehead atoms. The van der Waals surface area contributed by atoms with Crippen LogP contribution in [0.4, 0.5) is 10.2 Å². The van der Waals surface area contributed by atoms with Crippen molar-refractivity contribution in [2.75, 3.05) is 5.73 Å². The predicted molar refractivity (Wildman–Crippen MR) is 59.9 cm³/mol. The van der Waals surface area contributed by atoms with E-state index in [2.05, 4.69) is 4.98 Å². The summed E-state index contributed by atoms with van der Waals surface area (Å²) in [5.74, 6) is 0.631. The molecule has 0 aliphatic carbocycles. The lowest BCUT2D eigenvalue weighted by Gasteiger charge is -2.07. The maximum Gasteiger partial charge on any atom is 0.168 e. The first-order chi connectivity index (χ1) is 7.66. The fourth-order valence-electron chi connectivity index (χ4n) is 1.32. The SMILES string of the molecule is Cc1cccc(Oc2ccnc(N)c2)c1F. The van der Waals surface area contributed by atoms with Crippen molar-refractivity contribution in [3.8, 4) is 11.5 Å². The number of halogens is 1. The summed E-state index contributed by atoms with van der Waals surface area (Å²) in [4.78, 5) is 3.83. The lowest BCUT2D eigenvalue weighted by atomic mass is 10.2. The van der Waals surface area contributed by atoms with E-state index in [1.165, 1.54) is 6.20 Å². The van der Waals surface area contributed by atoms with E-state index >= 15 is 0 Å². The van der Waals surface area contributed by atoms with Crippen LogP contribution in [0.1, 0.15) is 5.56 Å². The number of ether oxygens (including phenoxy) is 1. The minimum Gasteiger partial charge on any atom is -0.454 e. The number of benzene rings is 1. The van der Waals surface area contributed by atoms with Crippen LogP contribution in [0.5, 0.6) is 11.5 Å². The van der Waals surface area contributed by atoms with E-state index in [9.17, 15) is 4.39 Å². The van der Waals surface area contributed by atoms with Gasteiger partial charge in [-0.15, -0.1) is 0 Å². The Labute approximate surface area is 92.7 Å². The van der Waals surface area contributed by atoms with Crippen LogP contribution in [-0.4, -0.2) is 4.98 Å². The fraction of sp³-hybridized carbons (Fsp3) is 0.0833. The Morgan fingerprint density at radius 1 is 1.31 bits per heavy atom. The van der Waals surface area contributed by atoms with Gasteiger partial charge in [0.25, 0.3) is 0 Å². The molecule has 1 aromatic heterocycles. The Kier molecular flexibility index (Phi) is 2.72. The molecule has 0 unspecified atom stereocenters. The average Bonchev–Trinajstić information content (AvgIpc) is 2.25. The van der Waals surface area contributed by atoms with Crippen LogP contribution < -0.4 is 10.5 Å². The van der Waals surface area contributed by atoms with Gasteiger partial charge in [0.05, 0.1) is 0 Å². The van der Waals surface area contributed by atoms with Crippen LogP contribution in [0.3, 0.4) is 0 Å². The summed E-state index contributed by atoms with van der Waals surface area (Å²) in [7, 11) is 0.